The van der Waals surface area contributed by atoms with Gasteiger partial charge in [-0.2, -0.15) is 5.10 Å². The van der Waals surface area contributed by atoms with Crippen molar-refractivity contribution in [2.24, 2.45) is 5.10 Å². The molecule has 4 rings (SSSR count). The van der Waals surface area contributed by atoms with Crippen molar-refractivity contribution in [3.8, 4) is 5.75 Å². The molecule has 0 radical (unpaired) electrons. The number of hydrogen-bond acceptors (Lipinski definition) is 5. The summed E-state index contributed by atoms with van der Waals surface area (Å²) in [5.41, 5.74) is 2.69. The smallest absolute Gasteiger partial charge is 0.320 e. The number of carbonyl (C=O) groups is 2. The van der Waals surface area contributed by atoms with Gasteiger partial charge in [-0.1, -0.05) is 35.9 Å². The molecular formula is C26H28ClN5O3. The maximum absolute atomic E-state index is 13.3. The van der Waals surface area contributed by atoms with E-state index in [0.717, 1.165) is 18.8 Å². The van der Waals surface area contributed by atoms with E-state index < -0.39 is 18.0 Å². The minimum Gasteiger partial charge on any atom is -0.496 e. The molecule has 1 atom stereocenters. The topological polar surface area (TPSA) is 95.1 Å². The van der Waals surface area contributed by atoms with Gasteiger partial charge < -0.3 is 20.7 Å². The van der Waals surface area contributed by atoms with Crippen LogP contribution in [0.1, 0.15) is 30.9 Å². The first-order chi connectivity index (χ1) is 17.0. The predicted octanol–water partition coefficient (Wildman–Crippen LogP) is 4.62. The Morgan fingerprint density at radius 2 is 1.77 bits per heavy atom. The summed E-state index contributed by atoms with van der Waals surface area (Å²) in [5.74, 6) is 0.101. The highest BCUT2D eigenvalue weighted by atomic mass is 35.5. The van der Waals surface area contributed by atoms with Gasteiger partial charge in [0, 0.05) is 41.5 Å². The number of hydrazone groups is 1. The van der Waals surface area contributed by atoms with E-state index in [4.69, 9.17) is 16.3 Å². The number of rotatable bonds is 7. The molecule has 35 heavy (non-hydrogen) atoms. The fourth-order valence-electron chi connectivity index (χ4n) is 3.92. The van der Waals surface area contributed by atoms with Crippen molar-refractivity contribution in [2.45, 2.75) is 25.3 Å². The Hall–Kier alpha value is -3.78. The number of allylic oxidation sites excluding steroid dienone is 3. The number of ether oxygens (including phenoxy) is 1. The van der Waals surface area contributed by atoms with Gasteiger partial charge in [-0.05, 0) is 55.3 Å². The Labute approximate surface area is 209 Å². The van der Waals surface area contributed by atoms with E-state index in [-0.39, 0.29) is 0 Å². The minimum absolute atomic E-state index is 0.392. The number of anilines is 1. The SMILES string of the molecule is COc1ccccc1C(NC(=O)Nc1ccc(Cl)cc1)C(=O)NC1=CCC(=NN2CCCC2)C=C1. The number of hydrogen-bond donors (Lipinski definition) is 3. The molecule has 9 heteroatoms. The van der Waals surface area contributed by atoms with Gasteiger partial charge in [0.1, 0.15) is 11.8 Å². The van der Waals surface area contributed by atoms with Gasteiger partial charge in [0.15, 0.2) is 0 Å². The second-order valence-corrected chi connectivity index (χ2v) is 8.66. The fourth-order valence-corrected chi connectivity index (χ4v) is 4.05. The van der Waals surface area contributed by atoms with Gasteiger partial charge in [-0.25, -0.2) is 4.79 Å². The zero-order valence-corrected chi connectivity index (χ0v) is 20.2. The van der Waals surface area contributed by atoms with Crippen molar-refractivity contribution in [3.63, 3.8) is 0 Å². The molecule has 1 aliphatic carbocycles. The summed E-state index contributed by atoms with van der Waals surface area (Å²) in [6.45, 7) is 1.96. The zero-order valence-electron chi connectivity index (χ0n) is 19.5. The average Bonchev–Trinajstić information content (AvgIpc) is 3.38. The number of para-hydroxylation sites is 1. The number of benzene rings is 2. The quantitative estimate of drug-likeness (QED) is 0.524. The van der Waals surface area contributed by atoms with E-state index in [1.807, 2.05) is 18.2 Å². The molecule has 8 nitrogen and oxygen atoms in total. The summed E-state index contributed by atoms with van der Waals surface area (Å²) >= 11 is 5.92. The molecular weight excluding hydrogens is 466 g/mol. The summed E-state index contributed by atoms with van der Waals surface area (Å²) in [7, 11) is 1.52. The number of carbonyl (C=O) groups excluding carboxylic acids is 2. The first-order valence-electron chi connectivity index (χ1n) is 11.5. The molecule has 3 N–H and O–H groups in total. The molecule has 2 aliphatic rings. The number of nitrogens with one attached hydrogen (secondary N) is 3. The molecule has 1 unspecified atom stereocenters. The van der Waals surface area contributed by atoms with Gasteiger partial charge in [0.25, 0.3) is 5.91 Å². The molecule has 1 aliphatic heterocycles. The van der Waals surface area contributed by atoms with E-state index in [0.29, 0.717) is 34.1 Å². The van der Waals surface area contributed by atoms with E-state index in [2.05, 4.69) is 26.1 Å². The number of urea groups is 1. The van der Waals surface area contributed by atoms with Crippen LogP contribution in [0.3, 0.4) is 0 Å². The van der Waals surface area contributed by atoms with Gasteiger partial charge in [-0.15, -0.1) is 0 Å². The summed E-state index contributed by atoms with van der Waals surface area (Å²) < 4.78 is 5.44. The summed E-state index contributed by atoms with van der Waals surface area (Å²) in [5, 5.41) is 15.7. The van der Waals surface area contributed by atoms with Crippen LogP contribution in [0.4, 0.5) is 10.5 Å². The van der Waals surface area contributed by atoms with Crippen molar-refractivity contribution >= 4 is 34.9 Å². The Morgan fingerprint density at radius 3 is 2.46 bits per heavy atom. The van der Waals surface area contributed by atoms with Crippen molar-refractivity contribution in [3.05, 3.63) is 83.0 Å². The Morgan fingerprint density at radius 1 is 1.03 bits per heavy atom. The molecule has 3 amide bonds. The van der Waals surface area contributed by atoms with Crippen LogP contribution in [0.5, 0.6) is 5.75 Å². The van der Waals surface area contributed by atoms with E-state index >= 15 is 0 Å². The highest BCUT2D eigenvalue weighted by molar-refractivity contribution is 6.30. The number of nitrogens with zero attached hydrogens (tertiary/aromatic N) is 2. The largest absolute Gasteiger partial charge is 0.496 e. The lowest BCUT2D eigenvalue weighted by atomic mass is 10.0. The molecule has 0 spiro atoms. The Kier molecular flexibility index (Phi) is 8.05. The predicted molar refractivity (Wildman–Crippen MR) is 138 cm³/mol. The molecule has 1 heterocycles. The molecule has 182 valence electrons. The highest BCUT2D eigenvalue weighted by Gasteiger charge is 2.26. The van der Waals surface area contributed by atoms with Crippen molar-refractivity contribution < 1.29 is 14.3 Å². The number of methoxy groups -OCH3 is 1. The van der Waals surface area contributed by atoms with Crippen LogP contribution >= 0.6 is 11.6 Å². The molecule has 1 saturated heterocycles. The summed E-state index contributed by atoms with van der Waals surface area (Å²) in [6.07, 6.45) is 8.60. The molecule has 0 saturated carbocycles. The Balaban J connectivity index is 1.47. The van der Waals surface area contributed by atoms with Crippen LogP contribution in [0.2, 0.25) is 5.02 Å². The molecule has 2 aromatic carbocycles. The third-order valence-corrected chi connectivity index (χ3v) is 5.95. The summed E-state index contributed by atoms with van der Waals surface area (Å²) in [6, 6.07) is 12.3. The van der Waals surface area contributed by atoms with E-state index in [1.54, 1.807) is 48.5 Å². The van der Waals surface area contributed by atoms with Gasteiger partial charge in [0.05, 0.1) is 12.8 Å². The van der Waals surface area contributed by atoms with Crippen LogP contribution < -0.4 is 20.7 Å². The Bertz CT molecular complexity index is 1150. The highest BCUT2D eigenvalue weighted by Crippen LogP contribution is 2.26. The van der Waals surface area contributed by atoms with Gasteiger partial charge in [0.2, 0.25) is 0 Å². The third-order valence-electron chi connectivity index (χ3n) is 5.70. The van der Waals surface area contributed by atoms with Crippen LogP contribution in [-0.2, 0) is 4.79 Å². The monoisotopic (exact) mass is 493 g/mol. The molecule has 1 fully saturated rings. The van der Waals surface area contributed by atoms with E-state index in [1.165, 1.54) is 20.0 Å². The maximum Gasteiger partial charge on any atom is 0.320 e. The zero-order chi connectivity index (χ0) is 24.6. The van der Waals surface area contributed by atoms with Crippen molar-refractivity contribution in [1.29, 1.82) is 0 Å². The van der Waals surface area contributed by atoms with Crippen LogP contribution in [0, 0.1) is 0 Å². The number of amides is 3. The van der Waals surface area contributed by atoms with Crippen LogP contribution in [0.15, 0.2) is 77.6 Å². The first-order valence-corrected chi connectivity index (χ1v) is 11.9. The lowest BCUT2D eigenvalue weighted by molar-refractivity contribution is -0.122. The average molecular weight is 494 g/mol. The second kappa shape index (κ2) is 11.6. The van der Waals surface area contributed by atoms with Crippen molar-refractivity contribution in [2.75, 3.05) is 25.5 Å². The molecule has 2 aromatic rings. The number of halogens is 1. The van der Waals surface area contributed by atoms with E-state index in [9.17, 15) is 9.59 Å². The van der Waals surface area contributed by atoms with Crippen LogP contribution in [0.25, 0.3) is 0 Å². The summed E-state index contributed by atoms with van der Waals surface area (Å²) in [4.78, 5) is 26.1. The first kappa shape index (κ1) is 24.3. The minimum atomic E-state index is -0.993. The van der Waals surface area contributed by atoms with Gasteiger partial charge in [-0.3, -0.25) is 9.80 Å². The molecule has 0 aromatic heterocycles. The fraction of sp³-hybridized carbons (Fsp3) is 0.269. The normalized spacial score (nSPS) is 17.0. The maximum atomic E-state index is 13.3. The lowest BCUT2D eigenvalue weighted by Crippen LogP contribution is -2.42. The molecule has 0 bridgehead atoms. The van der Waals surface area contributed by atoms with Crippen LogP contribution in [-0.4, -0.2) is 42.9 Å². The van der Waals surface area contributed by atoms with Crippen molar-refractivity contribution in [1.82, 2.24) is 15.6 Å². The second-order valence-electron chi connectivity index (χ2n) is 8.22. The lowest BCUT2D eigenvalue weighted by Gasteiger charge is -2.22. The third kappa shape index (κ3) is 6.64. The van der Waals surface area contributed by atoms with Gasteiger partial charge >= 0.3 is 6.03 Å². The standard InChI is InChI=1S/C26H28ClN5O3/c1-35-23-7-3-2-6-22(23)24(30-26(34)29-20-10-8-18(27)9-11-20)25(33)28-19-12-14-21(15-13-19)31-32-16-4-5-17-32/h2-3,6-14,24H,4-5,15-17H2,1H3,(H,28,33)(H2,29,30,34).